The van der Waals surface area contributed by atoms with Crippen LogP contribution in [0.15, 0.2) is 24.5 Å². The molecule has 0 aromatic carbocycles. The van der Waals surface area contributed by atoms with Crippen LogP contribution in [0, 0.1) is 0 Å². The van der Waals surface area contributed by atoms with Crippen molar-refractivity contribution in [2.45, 2.75) is 52.1 Å². The highest BCUT2D eigenvalue weighted by molar-refractivity contribution is 7.17. The first-order valence-electron chi connectivity index (χ1n) is 8.63. The van der Waals surface area contributed by atoms with Crippen molar-refractivity contribution in [2.75, 3.05) is 5.32 Å². The molecule has 0 radical (unpaired) electrons. The Morgan fingerprint density at radius 1 is 1.16 bits per heavy atom. The van der Waals surface area contributed by atoms with Crippen LogP contribution in [0.1, 0.15) is 64.3 Å². The number of thiophene rings is 1. The number of hydrogen-bond donors (Lipinski definition) is 1. The third-order valence-corrected chi connectivity index (χ3v) is 5.34. The Hall–Kier alpha value is -2.21. The number of ether oxygens (including phenoxy) is 1. The molecule has 1 aliphatic carbocycles. The predicted molar refractivity (Wildman–Crippen MR) is 98.3 cm³/mol. The fraction of sp³-hybridized carbons (Fsp3) is 0.421. The first-order chi connectivity index (χ1) is 12.1. The van der Waals surface area contributed by atoms with Gasteiger partial charge in [0.15, 0.2) is 0 Å². The van der Waals surface area contributed by atoms with E-state index in [1.165, 1.54) is 22.6 Å². The molecule has 3 rings (SSSR count). The molecule has 132 valence electrons. The predicted octanol–water partition coefficient (Wildman–Crippen LogP) is 4.23. The van der Waals surface area contributed by atoms with E-state index in [0.29, 0.717) is 16.1 Å². The van der Waals surface area contributed by atoms with Crippen LogP contribution < -0.4 is 5.32 Å². The summed E-state index contributed by atoms with van der Waals surface area (Å²) < 4.78 is 5.44. The van der Waals surface area contributed by atoms with Gasteiger partial charge < -0.3 is 10.1 Å². The van der Waals surface area contributed by atoms with E-state index in [9.17, 15) is 9.59 Å². The summed E-state index contributed by atoms with van der Waals surface area (Å²) in [6.45, 7) is 3.66. The highest BCUT2D eigenvalue weighted by Crippen LogP contribution is 2.38. The lowest BCUT2D eigenvalue weighted by Gasteiger charge is -2.11. The smallest absolute Gasteiger partial charge is 0.341 e. The number of pyridine rings is 1. The molecule has 1 aliphatic rings. The van der Waals surface area contributed by atoms with Crippen molar-refractivity contribution in [3.05, 3.63) is 46.1 Å². The number of amides is 1. The molecule has 0 atom stereocenters. The Labute approximate surface area is 151 Å². The van der Waals surface area contributed by atoms with Gasteiger partial charge in [-0.25, -0.2) is 4.79 Å². The summed E-state index contributed by atoms with van der Waals surface area (Å²) in [7, 11) is 0. The lowest BCUT2D eigenvalue weighted by Crippen LogP contribution is -2.17. The minimum absolute atomic E-state index is 0.197. The summed E-state index contributed by atoms with van der Waals surface area (Å²) in [6.07, 6.45) is 8.11. The molecule has 25 heavy (non-hydrogen) atoms. The number of carbonyl (C=O) groups excluding carboxylic acids is 2. The van der Waals surface area contributed by atoms with Crippen LogP contribution >= 0.6 is 11.3 Å². The van der Waals surface area contributed by atoms with Crippen LogP contribution in [-0.2, 0) is 17.6 Å². The van der Waals surface area contributed by atoms with Crippen LogP contribution in [0.2, 0.25) is 0 Å². The molecule has 2 aromatic rings. The van der Waals surface area contributed by atoms with Gasteiger partial charge in [-0.1, -0.05) is 6.42 Å². The lowest BCUT2D eigenvalue weighted by molar-refractivity contribution is 0.0378. The summed E-state index contributed by atoms with van der Waals surface area (Å²) in [5.41, 5.74) is 2.11. The van der Waals surface area contributed by atoms with E-state index >= 15 is 0 Å². The first kappa shape index (κ1) is 17.6. The molecule has 6 heteroatoms. The van der Waals surface area contributed by atoms with Crippen LogP contribution in [0.25, 0.3) is 0 Å². The van der Waals surface area contributed by atoms with Gasteiger partial charge in [0.25, 0.3) is 5.91 Å². The summed E-state index contributed by atoms with van der Waals surface area (Å²) in [5, 5.41) is 3.51. The Balaban J connectivity index is 1.94. The quantitative estimate of drug-likeness (QED) is 0.656. The van der Waals surface area contributed by atoms with Gasteiger partial charge in [0.1, 0.15) is 5.00 Å². The number of esters is 1. The van der Waals surface area contributed by atoms with Gasteiger partial charge in [-0.05, 0) is 57.2 Å². The van der Waals surface area contributed by atoms with Gasteiger partial charge in [-0.15, -0.1) is 11.3 Å². The van der Waals surface area contributed by atoms with E-state index < -0.39 is 0 Å². The maximum absolute atomic E-state index is 12.7. The molecule has 0 unspecified atom stereocenters. The van der Waals surface area contributed by atoms with E-state index in [1.54, 1.807) is 24.5 Å². The Morgan fingerprint density at radius 2 is 1.88 bits per heavy atom. The molecule has 0 aliphatic heterocycles. The van der Waals surface area contributed by atoms with E-state index in [1.807, 2.05) is 13.8 Å². The minimum atomic E-state index is -0.348. The molecule has 2 heterocycles. The molecular weight excluding hydrogens is 336 g/mol. The highest BCUT2D eigenvalue weighted by Gasteiger charge is 2.27. The fourth-order valence-corrected chi connectivity index (χ4v) is 4.27. The maximum atomic E-state index is 12.7. The zero-order chi connectivity index (χ0) is 17.8. The van der Waals surface area contributed by atoms with Crippen molar-refractivity contribution in [1.29, 1.82) is 0 Å². The first-order valence-corrected chi connectivity index (χ1v) is 9.45. The number of carbonyl (C=O) groups is 2. The van der Waals surface area contributed by atoms with Crippen molar-refractivity contribution in [1.82, 2.24) is 4.98 Å². The third-order valence-electron chi connectivity index (χ3n) is 4.14. The van der Waals surface area contributed by atoms with Gasteiger partial charge in [0.05, 0.1) is 11.7 Å². The van der Waals surface area contributed by atoms with Crippen molar-refractivity contribution in [3.8, 4) is 0 Å². The number of nitrogens with zero attached hydrogens (tertiary/aromatic N) is 1. The second-order valence-corrected chi connectivity index (χ2v) is 7.52. The van der Waals surface area contributed by atoms with E-state index in [0.717, 1.165) is 31.2 Å². The second-order valence-electron chi connectivity index (χ2n) is 6.41. The van der Waals surface area contributed by atoms with Gasteiger partial charge in [0, 0.05) is 22.8 Å². The fourth-order valence-electron chi connectivity index (χ4n) is 3.00. The molecule has 1 N–H and O–H groups in total. The molecular formula is C19H22N2O3S. The summed E-state index contributed by atoms with van der Waals surface area (Å²) >= 11 is 1.51. The van der Waals surface area contributed by atoms with Crippen molar-refractivity contribution in [2.24, 2.45) is 0 Å². The Morgan fingerprint density at radius 3 is 2.60 bits per heavy atom. The average Bonchev–Trinajstić information content (AvgIpc) is 2.76. The topological polar surface area (TPSA) is 68.3 Å². The van der Waals surface area contributed by atoms with Crippen molar-refractivity contribution in [3.63, 3.8) is 0 Å². The van der Waals surface area contributed by atoms with Gasteiger partial charge in [-0.3, -0.25) is 9.78 Å². The normalized spacial score (nSPS) is 13.9. The largest absolute Gasteiger partial charge is 0.459 e. The lowest BCUT2D eigenvalue weighted by atomic mass is 10.1. The molecule has 0 saturated heterocycles. The number of hydrogen-bond acceptors (Lipinski definition) is 5. The summed E-state index contributed by atoms with van der Waals surface area (Å²) in [6, 6.07) is 3.31. The molecule has 5 nitrogen and oxygen atoms in total. The van der Waals surface area contributed by atoms with E-state index in [-0.39, 0.29) is 18.0 Å². The number of aryl methyl sites for hydroxylation is 1. The third kappa shape index (κ3) is 4.07. The van der Waals surface area contributed by atoms with Crippen LogP contribution in [0.4, 0.5) is 5.00 Å². The molecule has 2 aromatic heterocycles. The highest BCUT2D eigenvalue weighted by atomic mass is 32.1. The van der Waals surface area contributed by atoms with E-state index in [2.05, 4.69) is 10.3 Å². The number of aromatic nitrogens is 1. The van der Waals surface area contributed by atoms with Gasteiger partial charge >= 0.3 is 5.97 Å². The average molecular weight is 358 g/mol. The van der Waals surface area contributed by atoms with Crippen LogP contribution in [0.5, 0.6) is 0 Å². The molecule has 0 fully saturated rings. The number of fused-ring (bicyclic) bond motifs is 1. The van der Waals surface area contributed by atoms with E-state index in [4.69, 9.17) is 4.74 Å². The molecule has 0 saturated carbocycles. The summed E-state index contributed by atoms with van der Waals surface area (Å²) in [4.78, 5) is 30.3. The number of anilines is 1. The zero-order valence-corrected chi connectivity index (χ0v) is 15.3. The van der Waals surface area contributed by atoms with Gasteiger partial charge in [-0.2, -0.15) is 0 Å². The van der Waals surface area contributed by atoms with Crippen molar-refractivity contribution < 1.29 is 14.3 Å². The standard InChI is InChI=1S/C19H22N2O3S/c1-12(2)24-19(23)16-14-6-4-3-5-7-15(14)25-18(16)21-17(22)13-8-10-20-11-9-13/h8-12H,3-7H2,1-2H3,(H,21,22). The monoisotopic (exact) mass is 358 g/mol. The number of nitrogens with one attached hydrogen (secondary N) is 1. The zero-order valence-electron chi connectivity index (χ0n) is 14.5. The Bertz CT molecular complexity index is 768. The molecule has 1 amide bonds. The van der Waals surface area contributed by atoms with Crippen LogP contribution in [0.3, 0.4) is 0 Å². The molecule has 0 spiro atoms. The summed E-state index contributed by atoms with van der Waals surface area (Å²) in [5.74, 6) is -0.586. The second kappa shape index (κ2) is 7.78. The SMILES string of the molecule is CC(C)OC(=O)c1c(NC(=O)c2ccncc2)sc2c1CCCCC2. The van der Waals surface area contributed by atoms with Crippen molar-refractivity contribution >= 4 is 28.2 Å². The van der Waals surface area contributed by atoms with Crippen LogP contribution in [-0.4, -0.2) is 23.0 Å². The number of rotatable bonds is 4. The minimum Gasteiger partial charge on any atom is -0.459 e. The maximum Gasteiger partial charge on any atom is 0.341 e. The molecule has 0 bridgehead atoms. The Kier molecular flexibility index (Phi) is 5.48. The van der Waals surface area contributed by atoms with Gasteiger partial charge in [0.2, 0.25) is 0 Å².